The molecule has 0 aromatic rings. The number of ether oxygens (including phenoxy) is 2. The third-order valence-corrected chi connectivity index (χ3v) is 1.99. The summed E-state index contributed by atoms with van der Waals surface area (Å²) in [4.78, 5) is 23.2. The van der Waals surface area contributed by atoms with E-state index < -0.39 is 23.7 Å². The molecular formula is C13H25NO4. The third kappa shape index (κ3) is 7.92. The molecule has 1 amide bonds. The molecule has 5 nitrogen and oxygen atoms in total. The summed E-state index contributed by atoms with van der Waals surface area (Å²) < 4.78 is 9.80. The van der Waals surface area contributed by atoms with Gasteiger partial charge in [-0.1, -0.05) is 20.8 Å². The van der Waals surface area contributed by atoms with Crippen molar-refractivity contribution in [3.8, 4) is 0 Å². The summed E-state index contributed by atoms with van der Waals surface area (Å²) >= 11 is 0. The fraction of sp³-hybridized carbons (Fsp3) is 0.846. The highest BCUT2D eigenvalue weighted by Gasteiger charge is 2.28. The number of hydrogen-bond donors (Lipinski definition) is 1. The van der Waals surface area contributed by atoms with E-state index in [9.17, 15) is 9.59 Å². The molecule has 0 saturated heterocycles. The second-order valence-corrected chi connectivity index (χ2v) is 6.49. The first-order valence-corrected chi connectivity index (χ1v) is 6.02. The Morgan fingerprint density at radius 1 is 1.11 bits per heavy atom. The van der Waals surface area contributed by atoms with E-state index in [1.165, 1.54) is 7.11 Å². The van der Waals surface area contributed by atoms with Gasteiger partial charge in [-0.2, -0.15) is 0 Å². The molecule has 0 aromatic carbocycles. The Kier molecular flexibility index (Phi) is 5.64. The first kappa shape index (κ1) is 16.7. The lowest BCUT2D eigenvalue weighted by atomic mass is 9.88. The van der Waals surface area contributed by atoms with E-state index >= 15 is 0 Å². The van der Waals surface area contributed by atoms with Crippen LogP contribution in [0.1, 0.15) is 48.0 Å². The smallest absolute Gasteiger partial charge is 0.408 e. The number of nitrogens with one attached hydrogen (secondary N) is 1. The molecule has 0 aliphatic carbocycles. The Bertz CT molecular complexity index is 299. The van der Waals surface area contributed by atoms with Crippen LogP contribution < -0.4 is 5.32 Å². The molecule has 0 spiro atoms. The predicted octanol–water partition coefficient (Wildman–Crippen LogP) is 2.49. The van der Waals surface area contributed by atoms with Gasteiger partial charge in [0, 0.05) is 0 Å². The normalized spacial score (nSPS) is 13.7. The second-order valence-electron chi connectivity index (χ2n) is 6.49. The zero-order valence-corrected chi connectivity index (χ0v) is 12.4. The van der Waals surface area contributed by atoms with Gasteiger partial charge in [-0.3, -0.25) is 0 Å². The van der Waals surface area contributed by atoms with Crippen molar-refractivity contribution in [3.63, 3.8) is 0 Å². The minimum atomic E-state index is -0.690. The van der Waals surface area contributed by atoms with Gasteiger partial charge in [0.05, 0.1) is 7.11 Å². The van der Waals surface area contributed by atoms with Crippen LogP contribution in [0.5, 0.6) is 0 Å². The molecule has 0 unspecified atom stereocenters. The van der Waals surface area contributed by atoms with E-state index in [1.54, 1.807) is 20.8 Å². The summed E-state index contributed by atoms with van der Waals surface area (Å²) in [6, 6.07) is -0.690. The molecular weight excluding hydrogens is 234 g/mol. The van der Waals surface area contributed by atoms with Gasteiger partial charge >= 0.3 is 12.1 Å². The summed E-state index contributed by atoms with van der Waals surface area (Å²) in [6.45, 7) is 11.3. The first-order chi connectivity index (χ1) is 7.94. The number of carbonyl (C=O) groups is 2. The van der Waals surface area contributed by atoms with Crippen molar-refractivity contribution in [2.24, 2.45) is 5.41 Å². The van der Waals surface area contributed by atoms with Crippen LogP contribution in [0.2, 0.25) is 0 Å². The molecule has 0 aliphatic rings. The number of rotatable bonds is 3. The highest BCUT2D eigenvalue weighted by atomic mass is 16.6. The Labute approximate surface area is 109 Å². The van der Waals surface area contributed by atoms with Crippen molar-refractivity contribution < 1.29 is 19.1 Å². The zero-order valence-electron chi connectivity index (χ0n) is 12.4. The number of carbonyl (C=O) groups excluding carboxylic acids is 2. The van der Waals surface area contributed by atoms with Gasteiger partial charge in [0.25, 0.3) is 0 Å². The largest absolute Gasteiger partial charge is 0.467 e. The summed E-state index contributed by atoms with van der Waals surface area (Å²) in [5.41, 5.74) is -0.694. The summed E-state index contributed by atoms with van der Waals surface area (Å²) in [5.74, 6) is -0.462. The van der Waals surface area contributed by atoms with Crippen LogP contribution in [0.3, 0.4) is 0 Å². The van der Waals surface area contributed by atoms with E-state index in [0.717, 1.165) is 0 Å². The number of amides is 1. The minimum Gasteiger partial charge on any atom is -0.467 e. The molecule has 0 fully saturated rings. The van der Waals surface area contributed by atoms with Crippen molar-refractivity contribution in [1.82, 2.24) is 5.32 Å². The molecule has 1 N–H and O–H groups in total. The molecule has 18 heavy (non-hydrogen) atoms. The molecule has 0 saturated carbocycles. The van der Waals surface area contributed by atoms with Gasteiger partial charge in [0.1, 0.15) is 11.6 Å². The zero-order chi connectivity index (χ0) is 14.6. The van der Waals surface area contributed by atoms with Crippen LogP contribution in [0, 0.1) is 5.41 Å². The maximum atomic E-state index is 11.6. The topological polar surface area (TPSA) is 64.6 Å². The van der Waals surface area contributed by atoms with Gasteiger partial charge < -0.3 is 14.8 Å². The molecule has 0 bridgehead atoms. The lowest BCUT2D eigenvalue weighted by Gasteiger charge is -2.26. The molecule has 0 aliphatic heterocycles. The Balaban J connectivity index is 4.61. The Morgan fingerprint density at radius 2 is 1.61 bits per heavy atom. The molecule has 0 aromatic heterocycles. The van der Waals surface area contributed by atoms with Crippen LogP contribution in [-0.2, 0) is 14.3 Å². The summed E-state index contributed by atoms with van der Waals surface area (Å²) in [5, 5.41) is 2.55. The Hall–Kier alpha value is -1.26. The van der Waals surface area contributed by atoms with Crippen LogP contribution >= 0.6 is 0 Å². The first-order valence-electron chi connectivity index (χ1n) is 6.02. The molecule has 106 valence electrons. The van der Waals surface area contributed by atoms with Gasteiger partial charge in [-0.15, -0.1) is 0 Å². The third-order valence-electron chi connectivity index (χ3n) is 1.99. The second kappa shape index (κ2) is 6.07. The highest BCUT2D eigenvalue weighted by molar-refractivity contribution is 5.81. The van der Waals surface area contributed by atoms with Crippen molar-refractivity contribution in [2.75, 3.05) is 7.11 Å². The quantitative estimate of drug-likeness (QED) is 0.791. The number of hydrogen-bond acceptors (Lipinski definition) is 4. The fourth-order valence-corrected chi connectivity index (χ4v) is 1.40. The van der Waals surface area contributed by atoms with Gasteiger partial charge in [-0.25, -0.2) is 9.59 Å². The van der Waals surface area contributed by atoms with Crippen molar-refractivity contribution >= 4 is 12.1 Å². The fourth-order valence-electron chi connectivity index (χ4n) is 1.40. The van der Waals surface area contributed by atoms with E-state index in [0.29, 0.717) is 6.42 Å². The maximum Gasteiger partial charge on any atom is 0.408 e. The maximum absolute atomic E-state index is 11.6. The Morgan fingerprint density at radius 3 is 1.94 bits per heavy atom. The summed E-state index contributed by atoms with van der Waals surface area (Å²) in [7, 11) is 1.30. The standard InChI is InChI=1S/C13H25NO4/c1-12(2,3)8-9(10(15)17-7)14-11(16)18-13(4,5)6/h9H,8H2,1-7H3,(H,14,16)/t9-/m1/s1. The minimum absolute atomic E-state index is 0.103. The lowest BCUT2D eigenvalue weighted by Crippen LogP contribution is -2.45. The number of esters is 1. The number of alkyl carbamates (subject to hydrolysis) is 1. The summed E-state index contributed by atoms with van der Waals surface area (Å²) in [6.07, 6.45) is -0.124. The van der Waals surface area contributed by atoms with Crippen LogP contribution in [0.15, 0.2) is 0 Å². The van der Waals surface area contributed by atoms with E-state index in [2.05, 4.69) is 10.1 Å². The van der Waals surface area contributed by atoms with E-state index in [4.69, 9.17) is 4.74 Å². The molecule has 1 atom stereocenters. The monoisotopic (exact) mass is 259 g/mol. The van der Waals surface area contributed by atoms with Crippen LogP contribution in [0.4, 0.5) is 4.79 Å². The molecule has 5 heteroatoms. The molecule has 0 radical (unpaired) electrons. The lowest BCUT2D eigenvalue weighted by molar-refractivity contribution is -0.143. The molecule has 0 rings (SSSR count). The van der Waals surface area contributed by atoms with Gasteiger partial charge in [0.15, 0.2) is 0 Å². The van der Waals surface area contributed by atoms with E-state index in [-0.39, 0.29) is 5.41 Å². The molecule has 0 heterocycles. The van der Waals surface area contributed by atoms with Crippen molar-refractivity contribution in [1.29, 1.82) is 0 Å². The average Bonchev–Trinajstić information content (AvgIpc) is 2.10. The van der Waals surface area contributed by atoms with Crippen LogP contribution in [0.25, 0.3) is 0 Å². The van der Waals surface area contributed by atoms with Crippen molar-refractivity contribution in [2.45, 2.75) is 59.6 Å². The number of methoxy groups -OCH3 is 1. The van der Waals surface area contributed by atoms with E-state index in [1.807, 2.05) is 20.8 Å². The van der Waals surface area contributed by atoms with Crippen LogP contribution in [-0.4, -0.2) is 30.8 Å². The van der Waals surface area contributed by atoms with Gasteiger partial charge in [-0.05, 0) is 32.6 Å². The van der Waals surface area contributed by atoms with Gasteiger partial charge in [0.2, 0.25) is 0 Å². The average molecular weight is 259 g/mol. The predicted molar refractivity (Wildman–Crippen MR) is 69.2 cm³/mol. The highest BCUT2D eigenvalue weighted by Crippen LogP contribution is 2.21. The SMILES string of the molecule is COC(=O)[C@@H](CC(C)(C)C)NC(=O)OC(C)(C)C. The van der Waals surface area contributed by atoms with Crippen molar-refractivity contribution in [3.05, 3.63) is 0 Å².